The maximum Gasteiger partial charge on any atom is 0.266 e. The number of likely N-dealkylation sites (N-methyl/N-ethyl adjacent to an activating group) is 1. The van der Waals surface area contributed by atoms with Crippen molar-refractivity contribution in [3.8, 4) is 0 Å². The highest BCUT2D eigenvalue weighted by atomic mass is 31.2. The van der Waals surface area contributed by atoms with Crippen molar-refractivity contribution in [1.29, 1.82) is 0 Å². The molecule has 0 aromatic rings. The Labute approximate surface area is 228 Å². The SMILES string of the molecule is CCCCCCCCCCCC(=O)C(C[N+](C)(C)C)(OP(=O)([O-])O)C(=O)CCCCCCCCCCC. The first-order chi connectivity index (χ1) is 17.4. The lowest BCUT2D eigenvalue weighted by molar-refractivity contribution is -0.874. The molecule has 0 aliphatic carbocycles. The summed E-state index contributed by atoms with van der Waals surface area (Å²) < 4.78 is 17.0. The fourth-order valence-corrected chi connectivity index (χ4v) is 5.58. The van der Waals surface area contributed by atoms with Gasteiger partial charge in [-0.05, 0) is 12.8 Å². The smallest absolute Gasteiger partial charge is 0.266 e. The Hall–Kier alpha value is -0.590. The number of phosphoric ester groups is 1. The number of Topliss-reactive ketones (excluding diaryl/α,β-unsaturated/α-hetero) is 2. The predicted molar refractivity (Wildman–Crippen MR) is 150 cm³/mol. The van der Waals surface area contributed by atoms with E-state index >= 15 is 0 Å². The number of hydrogen-bond acceptors (Lipinski definition) is 5. The minimum atomic E-state index is -5.31. The molecular formula is C29H58NO6P. The molecule has 37 heavy (non-hydrogen) atoms. The molecule has 0 aliphatic heterocycles. The molecule has 1 atom stereocenters. The molecule has 1 unspecified atom stereocenters. The molecular weight excluding hydrogens is 489 g/mol. The van der Waals surface area contributed by atoms with Crippen LogP contribution in [0.1, 0.15) is 142 Å². The summed E-state index contributed by atoms with van der Waals surface area (Å²) in [6.45, 7) is 4.26. The molecule has 0 aromatic carbocycles. The third kappa shape index (κ3) is 19.2. The maximum atomic E-state index is 13.4. The van der Waals surface area contributed by atoms with Gasteiger partial charge in [-0.2, -0.15) is 0 Å². The quantitative estimate of drug-likeness (QED) is 0.0547. The van der Waals surface area contributed by atoms with E-state index in [1.807, 2.05) is 0 Å². The largest absolute Gasteiger partial charge is 0.756 e. The Morgan fingerprint density at radius 1 is 0.676 bits per heavy atom. The molecule has 0 spiro atoms. The van der Waals surface area contributed by atoms with Gasteiger partial charge in [-0.3, -0.25) is 18.7 Å². The average Bonchev–Trinajstić information content (AvgIpc) is 2.79. The highest BCUT2D eigenvalue weighted by molar-refractivity contribution is 7.44. The zero-order valence-corrected chi connectivity index (χ0v) is 25.6. The number of nitrogens with zero attached hydrogens (tertiary/aromatic N) is 1. The number of phosphoric acid groups is 1. The van der Waals surface area contributed by atoms with Crippen LogP contribution in [-0.2, 0) is 18.7 Å². The Bertz CT molecular complexity index is 621. The lowest BCUT2D eigenvalue weighted by Gasteiger charge is -2.39. The summed E-state index contributed by atoms with van der Waals surface area (Å²) in [7, 11) is 0.0324. The van der Waals surface area contributed by atoms with Crippen molar-refractivity contribution in [2.75, 3.05) is 27.7 Å². The molecule has 0 saturated heterocycles. The van der Waals surface area contributed by atoms with Crippen LogP contribution in [0.25, 0.3) is 0 Å². The van der Waals surface area contributed by atoms with Crippen molar-refractivity contribution in [3.05, 3.63) is 0 Å². The van der Waals surface area contributed by atoms with E-state index in [4.69, 9.17) is 4.52 Å². The number of unbranched alkanes of at least 4 members (excludes halogenated alkanes) is 16. The maximum absolute atomic E-state index is 13.4. The molecule has 0 aliphatic rings. The number of hydrogen-bond donors (Lipinski definition) is 1. The van der Waals surface area contributed by atoms with E-state index in [1.165, 1.54) is 64.2 Å². The van der Waals surface area contributed by atoms with E-state index in [-0.39, 0.29) is 23.9 Å². The molecule has 0 fully saturated rings. The molecule has 0 saturated carbocycles. The number of carbonyl (C=O) groups is 2. The van der Waals surface area contributed by atoms with Gasteiger partial charge in [0.15, 0.2) is 11.6 Å². The van der Waals surface area contributed by atoms with Crippen LogP contribution < -0.4 is 4.89 Å². The van der Waals surface area contributed by atoms with Gasteiger partial charge in [0.2, 0.25) is 5.60 Å². The fourth-order valence-electron chi connectivity index (χ4n) is 4.92. The molecule has 220 valence electrons. The van der Waals surface area contributed by atoms with Crippen LogP contribution in [0.2, 0.25) is 0 Å². The highest BCUT2D eigenvalue weighted by Crippen LogP contribution is 2.40. The minimum absolute atomic E-state index is 0.0688. The summed E-state index contributed by atoms with van der Waals surface area (Å²) in [5.74, 6) is -1.07. The van der Waals surface area contributed by atoms with Crippen LogP contribution in [0.15, 0.2) is 0 Å². The Kier molecular flexibility index (Phi) is 20.0. The summed E-state index contributed by atoms with van der Waals surface area (Å²) in [6, 6.07) is 0. The van der Waals surface area contributed by atoms with Crippen LogP contribution in [-0.4, -0.2) is 54.2 Å². The number of carbonyl (C=O) groups excluding carboxylic acids is 2. The first-order valence-corrected chi connectivity index (χ1v) is 16.5. The summed E-state index contributed by atoms with van der Waals surface area (Å²) in [4.78, 5) is 48.2. The Morgan fingerprint density at radius 2 is 0.973 bits per heavy atom. The van der Waals surface area contributed by atoms with E-state index in [9.17, 15) is 23.9 Å². The van der Waals surface area contributed by atoms with Gasteiger partial charge >= 0.3 is 0 Å². The Morgan fingerprint density at radius 3 is 1.24 bits per heavy atom. The molecule has 0 rings (SSSR count). The number of ketones is 2. The fraction of sp³-hybridized carbons (Fsp3) is 0.931. The zero-order valence-electron chi connectivity index (χ0n) is 24.7. The minimum Gasteiger partial charge on any atom is -0.756 e. The molecule has 0 heterocycles. The van der Waals surface area contributed by atoms with Crippen LogP contribution in [0, 0.1) is 0 Å². The lowest BCUT2D eigenvalue weighted by atomic mass is 9.86. The summed E-state index contributed by atoms with van der Waals surface area (Å²) >= 11 is 0. The second-order valence-electron chi connectivity index (χ2n) is 11.8. The summed E-state index contributed by atoms with van der Waals surface area (Å²) in [6.07, 6.45) is 19.6. The molecule has 1 N–H and O–H groups in total. The van der Waals surface area contributed by atoms with Crippen molar-refractivity contribution in [2.24, 2.45) is 0 Å². The molecule has 8 heteroatoms. The average molecular weight is 548 g/mol. The van der Waals surface area contributed by atoms with Gasteiger partial charge in [-0.25, -0.2) is 0 Å². The van der Waals surface area contributed by atoms with Gasteiger partial charge in [0.1, 0.15) is 6.54 Å². The lowest BCUT2D eigenvalue weighted by Crippen LogP contribution is -2.60. The zero-order chi connectivity index (χ0) is 28.2. The van der Waals surface area contributed by atoms with Crippen LogP contribution in [0.5, 0.6) is 0 Å². The van der Waals surface area contributed by atoms with E-state index in [0.717, 1.165) is 38.5 Å². The first kappa shape index (κ1) is 36.4. The van der Waals surface area contributed by atoms with E-state index in [2.05, 4.69) is 13.8 Å². The molecule has 7 nitrogen and oxygen atoms in total. The van der Waals surface area contributed by atoms with Crippen LogP contribution in [0.4, 0.5) is 0 Å². The van der Waals surface area contributed by atoms with Crippen molar-refractivity contribution in [2.45, 2.75) is 148 Å². The molecule has 0 bridgehead atoms. The Balaban J connectivity index is 5.00. The van der Waals surface area contributed by atoms with E-state index in [1.54, 1.807) is 21.1 Å². The first-order valence-electron chi connectivity index (χ1n) is 15.0. The van der Waals surface area contributed by atoms with Gasteiger partial charge in [0.25, 0.3) is 7.82 Å². The third-order valence-corrected chi connectivity index (χ3v) is 7.43. The summed E-state index contributed by atoms with van der Waals surface area (Å²) in [5, 5.41) is 0. The summed E-state index contributed by atoms with van der Waals surface area (Å²) in [5.41, 5.74) is -2.16. The standard InChI is InChI=1S/C29H58NO6P/c1-6-8-10-12-14-16-18-20-22-24-27(31)29(26-30(3,4)5,36-37(33,34)35)28(32)25-23-21-19-17-15-13-11-9-7-2/h6-26H2,1-5H3,(H-,33,34,35). The van der Waals surface area contributed by atoms with Crippen molar-refractivity contribution in [3.63, 3.8) is 0 Å². The van der Waals surface area contributed by atoms with Crippen molar-refractivity contribution < 1.29 is 32.9 Å². The normalized spacial score (nSPS) is 14.0. The second kappa shape index (κ2) is 20.3. The topological polar surface area (TPSA) is 104 Å². The van der Waals surface area contributed by atoms with Gasteiger partial charge in [0.05, 0.1) is 21.1 Å². The highest BCUT2D eigenvalue weighted by Gasteiger charge is 2.51. The molecule has 0 radical (unpaired) electrons. The second-order valence-corrected chi connectivity index (χ2v) is 13.0. The van der Waals surface area contributed by atoms with Gasteiger partial charge in [0, 0.05) is 12.8 Å². The molecule has 0 amide bonds. The third-order valence-electron chi connectivity index (χ3n) is 6.88. The van der Waals surface area contributed by atoms with Gasteiger partial charge < -0.3 is 14.3 Å². The number of rotatable bonds is 26. The van der Waals surface area contributed by atoms with Gasteiger partial charge in [-0.1, -0.05) is 117 Å². The van der Waals surface area contributed by atoms with E-state index in [0.29, 0.717) is 12.8 Å². The van der Waals surface area contributed by atoms with Crippen molar-refractivity contribution >= 4 is 19.4 Å². The predicted octanol–water partition coefficient (Wildman–Crippen LogP) is 6.89. The van der Waals surface area contributed by atoms with Gasteiger partial charge in [-0.15, -0.1) is 0 Å². The van der Waals surface area contributed by atoms with Crippen molar-refractivity contribution in [1.82, 2.24) is 0 Å². The molecule has 0 aromatic heterocycles. The van der Waals surface area contributed by atoms with Crippen LogP contribution in [0.3, 0.4) is 0 Å². The van der Waals surface area contributed by atoms with E-state index < -0.39 is 25.0 Å². The van der Waals surface area contributed by atoms with Crippen LogP contribution >= 0.6 is 7.82 Å². The monoisotopic (exact) mass is 547 g/mol. The number of quaternary nitrogens is 1.